The summed E-state index contributed by atoms with van der Waals surface area (Å²) < 4.78 is 0. The summed E-state index contributed by atoms with van der Waals surface area (Å²) in [6.07, 6.45) is 8.66. The quantitative estimate of drug-likeness (QED) is 0.733. The molecule has 96 valence electrons. The topological polar surface area (TPSA) is 55.7 Å². The molecule has 0 fully saturated rings. The molecule has 1 aliphatic carbocycles. The number of aryl methyl sites for hydroxylation is 2. The van der Waals surface area contributed by atoms with Crippen molar-refractivity contribution < 1.29 is 4.79 Å². The van der Waals surface area contributed by atoms with Crippen LogP contribution in [0.25, 0.3) is 11.4 Å². The Morgan fingerprint density at radius 1 is 1.11 bits per heavy atom. The molecular weight excluding hydrogens is 238 g/mol. The third kappa shape index (κ3) is 2.26. The van der Waals surface area contributed by atoms with Gasteiger partial charge in [0.1, 0.15) is 0 Å². The molecule has 4 nitrogen and oxygen atoms in total. The van der Waals surface area contributed by atoms with E-state index in [4.69, 9.17) is 0 Å². The van der Waals surface area contributed by atoms with E-state index in [1.165, 1.54) is 0 Å². The van der Waals surface area contributed by atoms with E-state index in [1.807, 2.05) is 13.0 Å². The summed E-state index contributed by atoms with van der Waals surface area (Å²) >= 11 is 0. The van der Waals surface area contributed by atoms with Crippen LogP contribution < -0.4 is 0 Å². The second-order valence-electron chi connectivity index (χ2n) is 4.87. The van der Waals surface area contributed by atoms with Gasteiger partial charge < -0.3 is 0 Å². The van der Waals surface area contributed by atoms with Gasteiger partial charge in [-0.15, -0.1) is 0 Å². The summed E-state index contributed by atoms with van der Waals surface area (Å²) in [5.74, 6) is 0.860. The van der Waals surface area contributed by atoms with Crippen molar-refractivity contribution in [2.45, 2.75) is 32.6 Å². The lowest BCUT2D eigenvalue weighted by molar-refractivity contribution is 0.0981. The molecule has 0 N–H and O–H groups in total. The minimum atomic E-state index is 0.172. The molecule has 0 radical (unpaired) electrons. The van der Waals surface area contributed by atoms with Crippen molar-refractivity contribution in [1.82, 2.24) is 15.0 Å². The summed E-state index contributed by atoms with van der Waals surface area (Å²) in [6, 6.07) is 1.91. The van der Waals surface area contributed by atoms with Crippen LogP contribution in [-0.4, -0.2) is 20.7 Å². The van der Waals surface area contributed by atoms with Crippen molar-refractivity contribution in [3.8, 4) is 11.4 Å². The lowest BCUT2D eigenvalue weighted by Crippen LogP contribution is -2.05. The van der Waals surface area contributed by atoms with Crippen LogP contribution in [0.4, 0.5) is 0 Å². The van der Waals surface area contributed by atoms with Gasteiger partial charge in [-0.25, -0.2) is 9.97 Å². The zero-order chi connectivity index (χ0) is 13.2. The third-order valence-electron chi connectivity index (χ3n) is 3.50. The van der Waals surface area contributed by atoms with Gasteiger partial charge in [-0.3, -0.25) is 9.78 Å². The Kier molecular flexibility index (Phi) is 3.07. The monoisotopic (exact) mass is 253 g/mol. The average Bonchev–Trinajstić information content (AvgIpc) is 2.61. The number of Topliss-reactive ketones (excluding diaryl/α,β-unsaturated/α-hetero) is 1. The zero-order valence-corrected chi connectivity index (χ0v) is 10.9. The molecule has 0 aromatic carbocycles. The predicted octanol–water partition coefficient (Wildman–Crippen LogP) is 2.76. The van der Waals surface area contributed by atoms with E-state index < -0.39 is 0 Å². The van der Waals surface area contributed by atoms with Crippen molar-refractivity contribution in [2.24, 2.45) is 0 Å². The van der Waals surface area contributed by atoms with Gasteiger partial charge in [-0.2, -0.15) is 0 Å². The lowest BCUT2D eigenvalue weighted by atomic mass is 10.1. The fourth-order valence-corrected chi connectivity index (χ4v) is 2.41. The molecule has 0 unspecified atom stereocenters. The highest BCUT2D eigenvalue weighted by Gasteiger charge is 2.18. The van der Waals surface area contributed by atoms with Crippen molar-refractivity contribution in [1.29, 1.82) is 0 Å². The maximum absolute atomic E-state index is 11.9. The number of carbonyl (C=O) groups excluding carboxylic acids is 1. The number of carbonyl (C=O) groups is 1. The Bertz CT molecular complexity index is 637. The molecule has 4 heteroatoms. The number of rotatable bonds is 1. The number of pyridine rings is 1. The molecule has 0 atom stereocenters. The molecule has 1 aliphatic rings. The first-order valence-electron chi connectivity index (χ1n) is 6.56. The average molecular weight is 253 g/mol. The van der Waals surface area contributed by atoms with E-state index in [9.17, 15) is 4.79 Å². The first-order chi connectivity index (χ1) is 9.25. The SMILES string of the molecule is Cc1cnccc1-c1ncc2c(n1)CCCCC2=O. The Hall–Kier alpha value is -2.10. The van der Waals surface area contributed by atoms with E-state index in [0.29, 0.717) is 17.8 Å². The van der Waals surface area contributed by atoms with Gasteiger partial charge in [-0.05, 0) is 37.8 Å². The van der Waals surface area contributed by atoms with Gasteiger partial charge in [0.15, 0.2) is 11.6 Å². The minimum Gasteiger partial charge on any atom is -0.294 e. The van der Waals surface area contributed by atoms with Gasteiger partial charge in [-0.1, -0.05) is 0 Å². The molecule has 3 rings (SSSR count). The maximum atomic E-state index is 11.9. The van der Waals surface area contributed by atoms with E-state index in [2.05, 4.69) is 15.0 Å². The van der Waals surface area contributed by atoms with E-state index in [1.54, 1.807) is 18.6 Å². The van der Waals surface area contributed by atoms with Crippen molar-refractivity contribution in [3.05, 3.63) is 41.5 Å². The van der Waals surface area contributed by atoms with E-state index in [0.717, 1.165) is 36.1 Å². The maximum Gasteiger partial charge on any atom is 0.166 e. The molecular formula is C15H15N3O. The van der Waals surface area contributed by atoms with E-state index in [-0.39, 0.29) is 5.78 Å². The fourth-order valence-electron chi connectivity index (χ4n) is 2.41. The molecule has 2 heterocycles. The van der Waals surface area contributed by atoms with Crippen LogP contribution in [0.2, 0.25) is 0 Å². The lowest BCUT2D eigenvalue weighted by Gasteiger charge is -2.07. The van der Waals surface area contributed by atoms with Crippen molar-refractivity contribution >= 4 is 5.78 Å². The third-order valence-corrected chi connectivity index (χ3v) is 3.50. The minimum absolute atomic E-state index is 0.172. The smallest absolute Gasteiger partial charge is 0.166 e. The second-order valence-corrected chi connectivity index (χ2v) is 4.87. The highest BCUT2D eigenvalue weighted by Crippen LogP contribution is 2.23. The summed E-state index contributed by atoms with van der Waals surface area (Å²) in [5.41, 5.74) is 3.62. The van der Waals surface area contributed by atoms with Crippen LogP contribution in [0.5, 0.6) is 0 Å². The highest BCUT2D eigenvalue weighted by molar-refractivity contribution is 5.97. The van der Waals surface area contributed by atoms with Gasteiger partial charge in [0, 0.05) is 30.6 Å². The molecule has 0 saturated carbocycles. The van der Waals surface area contributed by atoms with Crippen LogP contribution in [-0.2, 0) is 6.42 Å². The molecule has 0 amide bonds. The molecule has 2 aromatic rings. The molecule has 0 spiro atoms. The standard InChI is InChI=1S/C15H15N3O/c1-10-8-16-7-6-11(10)15-17-9-12-13(18-15)4-2-3-5-14(12)19/h6-9H,2-5H2,1H3. The number of aromatic nitrogens is 3. The summed E-state index contributed by atoms with van der Waals surface area (Å²) in [5, 5.41) is 0. The van der Waals surface area contributed by atoms with Crippen LogP contribution >= 0.6 is 0 Å². The summed E-state index contributed by atoms with van der Waals surface area (Å²) in [6.45, 7) is 1.99. The molecule has 0 aliphatic heterocycles. The molecule has 19 heavy (non-hydrogen) atoms. The zero-order valence-electron chi connectivity index (χ0n) is 10.9. The largest absolute Gasteiger partial charge is 0.294 e. The van der Waals surface area contributed by atoms with E-state index >= 15 is 0 Å². The number of hydrogen-bond acceptors (Lipinski definition) is 4. The predicted molar refractivity (Wildman–Crippen MR) is 71.9 cm³/mol. The van der Waals surface area contributed by atoms with Crippen LogP contribution in [0.1, 0.15) is 40.9 Å². The van der Waals surface area contributed by atoms with Crippen LogP contribution in [0.15, 0.2) is 24.7 Å². The van der Waals surface area contributed by atoms with Crippen LogP contribution in [0.3, 0.4) is 0 Å². The van der Waals surface area contributed by atoms with Gasteiger partial charge in [0.05, 0.1) is 11.3 Å². The van der Waals surface area contributed by atoms with Crippen molar-refractivity contribution in [2.75, 3.05) is 0 Å². The summed E-state index contributed by atoms with van der Waals surface area (Å²) in [4.78, 5) is 25.0. The number of fused-ring (bicyclic) bond motifs is 1. The summed E-state index contributed by atoms with van der Waals surface area (Å²) in [7, 11) is 0. The van der Waals surface area contributed by atoms with Gasteiger partial charge in [0.25, 0.3) is 0 Å². The fraction of sp³-hybridized carbons (Fsp3) is 0.333. The van der Waals surface area contributed by atoms with Gasteiger partial charge >= 0.3 is 0 Å². The Morgan fingerprint density at radius 3 is 2.79 bits per heavy atom. The van der Waals surface area contributed by atoms with Crippen LogP contribution in [0, 0.1) is 6.92 Å². The normalized spacial score (nSPS) is 14.9. The first-order valence-corrected chi connectivity index (χ1v) is 6.56. The second kappa shape index (κ2) is 4.88. The van der Waals surface area contributed by atoms with Gasteiger partial charge in [0.2, 0.25) is 0 Å². The first kappa shape index (κ1) is 12.0. The number of ketones is 1. The van der Waals surface area contributed by atoms with Crippen molar-refractivity contribution in [3.63, 3.8) is 0 Å². The number of nitrogens with zero attached hydrogens (tertiary/aromatic N) is 3. The molecule has 2 aromatic heterocycles. The Balaban J connectivity index is 2.09. The Morgan fingerprint density at radius 2 is 1.95 bits per heavy atom. The highest BCUT2D eigenvalue weighted by atomic mass is 16.1. The molecule has 0 saturated heterocycles. The Labute approximate surface area is 111 Å². The molecule has 0 bridgehead atoms. The number of hydrogen-bond donors (Lipinski definition) is 0.